The van der Waals surface area contributed by atoms with Crippen LogP contribution in [0.1, 0.15) is 17.3 Å². The minimum absolute atomic E-state index is 0.0342. The van der Waals surface area contributed by atoms with Crippen molar-refractivity contribution in [3.63, 3.8) is 0 Å². The van der Waals surface area contributed by atoms with Gasteiger partial charge >= 0.3 is 11.6 Å². The monoisotopic (exact) mass is 218 g/mol. The van der Waals surface area contributed by atoms with Crippen LogP contribution >= 0.6 is 0 Å². The van der Waals surface area contributed by atoms with E-state index >= 15 is 0 Å². The SMILES string of the molecule is CCOC(=O)c1c2cccccc-2oc1=O. The van der Waals surface area contributed by atoms with Gasteiger partial charge in [0.2, 0.25) is 0 Å². The Hall–Kier alpha value is -2.10. The third kappa shape index (κ3) is 1.69. The average molecular weight is 218 g/mol. The van der Waals surface area contributed by atoms with Gasteiger partial charge in [0.05, 0.1) is 6.61 Å². The molecule has 82 valence electrons. The van der Waals surface area contributed by atoms with Gasteiger partial charge in [-0.3, -0.25) is 0 Å². The molecule has 0 saturated heterocycles. The number of ether oxygens (including phenoxy) is 1. The summed E-state index contributed by atoms with van der Waals surface area (Å²) in [6.07, 6.45) is 0. The number of carbonyl (C=O) groups excluding carboxylic acids is 1. The van der Waals surface area contributed by atoms with Gasteiger partial charge in [-0.2, -0.15) is 0 Å². The van der Waals surface area contributed by atoms with Gasteiger partial charge in [0.1, 0.15) is 5.76 Å². The summed E-state index contributed by atoms with van der Waals surface area (Å²) < 4.78 is 9.78. The van der Waals surface area contributed by atoms with Crippen molar-refractivity contribution in [1.82, 2.24) is 0 Å². The number of carbonyl (C=O) groups is 1. The van der Waals surface area contributed by atoms with E-state index in [0.717, 1.165) is 0 Å². The predicted octanol–water partition coefficient (Wildman–Crippen LogP) is 1.92. The van der Waals surface area contributed by atoms with E-state index < -0.39 is 11.6 Å². The van der Waals surface area contributed by atoms with Crippen LogP contribution in [0, 0.1) is 0 Å². The Bertz CT molecular complexity index is 541. The van der Waals surface area contributed by atoms with Crippen LogP contribution in [0.2, 0.25) is 0 Å². The van der Waals surface area contributed by atoms with Gasteiger partial charge in [-0.05, 0) is 13.0 Å². The number of hydrogen-bond acceptors (Lipinski definition) is 4. The molecule has 1 heterocycles. The molecule has 0 aromatic heterocycles. The molecule has 0 atom stereocenters. The Morgan fingerprint density at radius 1 is 1.31 bits per heavy atom. The van der Waals surface area contributed by atoms with Crippen molar-refractivity contribution in [1.29, 1.82) is 0 Å². The van der Waals surface area contributed by atoms with Crippen molar-refractivity contribution in [2.45, 2.75) is 6.92 Å². The van der Waals surface area contributed by atoms with E-state index in [1.54, 1.807) is 37.3 Å². The van der Waals surface area contributed by atoms with Crippen LogP contribution in [0.4, 0.5) is 0 Å². The first-order valence-electron chi connectivity index (χ1n) is 4.93. The first kappa shape index (κ1) is 10.4. The summed E-state index contributed by atoms with van der Waals surface area (Å²) in [6.45, 7) is 1.91. The second-order valence-electron chi connectivity index (χ2n) is 3.17. The Morgan fingerprint density at radius 2 is 2.06 bits per heavy atom. The van der Waals surface area contributed by atoms with E-state index in [9.17, 15) is 9.59 Å². The van der Waals surface area contributed by atoms with Crippen LogP contribution in [-0.2, 0) is 4.74 Å². The molecule has 0 fully saturated rings. The van der Waals surface area contributed by atoms with Crippen LogP contribution in [0.5, 0.6) is 0 Å². The predicted molar refractivity (Wildman–Crippen MR) is 57.6 cm³/mol. The summed E-state index contributed by atoms with van der Waals surface area (Å²) >= 11 is 0. The highest BCUT2D eigenvalue weighted by molar-refractivity contribution is 5.96. The Labute approximate surface area is 91.8 Å². The van der Waals surface area contributed by atoms with E-state index in [1.165, 1.54) is 0 Å². The maximum Gasteiger partial charge on any atom is 0.351 e. The highest BCUT2D eigenvalue weighted by Gasteiger charge is 2.23. The summed E-state index contributed by atoms with van der Waals surface area (Å²) in [5, 5.41) is 0. The highest BCUT2D eigenvalue weighted by atomic mass is 16.5. The van der Waals surface area contributed by atoms with Gasteiger partial charge in [0.15, 0.2) is 5.56 Å². The third-order valence-corrected chi connectivity index (χ3v) is 2.15. The number of esters is 1. The second-order valence-corrected chi connectivity index (χ2v) is 3.17. The number of rotatable bonds is 2. The molecular formula is C12H10O4. The number of hydrogen-bond donors (Lipinski definition) is 0. The van der Waals surface area contributed by atoms with Gasteiger partial charge in [0, 0.05) is 5.56 Å². The molecule has 0 aromatic carbocycles. The average Bonchev–Trinajstić information content (AvgIpc) is 2.43. The minimum Gasteiger partial charge on any atom is -0.462 e. The zero-order chi connectivity index (χ0) is 11.5. The summed E-state index contributed by atoms with van der Waals surface area (Å²) in [7, 11) is 0. The molecule has 4 nitrogen and oxygen atoms in total. The fraction of sp³-hybridized carbons (Fsp3) is 0.167. The van der Waals surface area contributed by atoms with Gasteiger partial charge in [0.25, 0.3) is 0 Å². The molecule has 0 bridgehead atoms. The quantitative estimate of drug-likeness (QED) is 0.722. The summed E-state index contributed by atoms with van der Waals surface area (Å²) in [5.41, 5.74) is -0.207. The maximum absolute atomic E-state index is 11.6. The lowest BCUT2D eigenvalue weighted by atomic mass is 10.1. The molecule has 0 N–H and O–H groups in total. The van der Waals surface area contributed by atoms with Crippen LogP contribution in [0.25, 0.3) is 11.3 Å². The third-order valence-electron chi connectivity index (χ3n) is 2.15. The molecule has 0 spiro atoms. The van der Waals surface area contributed by atoms with Crippen molar-refractivity contribution in [3.8, 4) is 11.3 Å². The Kier molecular flexibility index (Phi) is 2.72. The fourth-order valence-electron chi connectivity index (χ4n) is 1.48. The lowest BCUT2D eigenvalue weighted by molar-refractivity contribution is 0.0524. The molecule has 16 heavy (non-hydrogen) atoms. The van der Waals surface area contributed by atoms with Gasteiger partial charge in [-0.25, -0.2) is 9.59 Å². The standard InChI is InChI=1S/C12H10O4/c1-2-15-11(13)10-8-6-4-3-5-7-9(8)16-12(10)14/h3-7H,2H2,1H3. The minimum atomic E-state index is -0.653. The smallest absolute Gasteiger partial charge is 0.351 e. The Balaban J connectivity index is 2.61. The molecule has 0 aromatic rings. The van der Waals surface area contributed by atoms with Crippen LogP contribution < -0.4 is 5.63 Å². The van der Waals surface area contributed by atoms with E-state index in [1.807, 2.05) is 0 Å². The first-order valence-corrected chi connectivity index (χ1v) is 4.93. The molecule has 1 aliphatic heterocycles. The van der Waals surface area contributed by atoms with Gasteiger partial charge < -0.3 is 9.15 Å². The zero-order valence-corrected chi connectivity index (χ0v) is 8.73. The molecular weight excluding hydrogens is 208 g/mol. The van der Waals surface area contributed by atoms with E-state index in [2.05, 4.69) is 0 Å². The molecule has 0 saturated carbocycles. The lowest BCUT2D eigenvalue weighted by Crippen LogP contribution is -2.13. The van der Waals surface area contributed by atoms with Crippen molar-refractivity contribution in [2.24, 2.45) is 0 Å². The summed E-state index contributed by atoms with van der Waals surface area (Å²) in [5.74, 6) is -0.254. The second kappa shape index (κ2) is 4.18. The maximum atomic E-state index is 11.6. The molecule has 4 heteroatoms. The summed E-state index contributed by atoms with van der Waals surface area (Å²) in [4.78, 5) is 23.0. The van der Waals surface area contributed by atoms with E-state index in [0.29, 0.717) is 11.3 Å². The molecule has 1 aliphatic carbocycles. The van der Waals surface area contributed by atoms with Gasteiger partial charge in [-0.15, -0.1) is 0 Å². The summed E-state index contributed by atoms with van der Waals surface area (Å²) in [6, 6.07) is 8.56. The highest BCUT2D eigenvalue weighted by Crippen LogP contribution is 2.23. The molecule has 0 unspecified atom stereocenters. The number of fused-ring (bicyclic) bond motifs is 1. The topological polar surface area (TPSA) is 56.5 Å². The van der Waals surface area contributed by atoms with Crippen molar-refractivity contribution >= 4 is 5.97 Å². The molecule has 2 rings (SSSR count). The number of furan rings is 1. The van der Waals surface area contributed by atoms with Crippen molar-refractivity contribution in [2.75, 3.05) is 6.61 Å². The normalized spacial score (nSPS) is 10.3. The molecule has 0 radical (unpaired) electrons. The van der Waals surface area contributed by atoms with Crippen molar-refractivity contribution in [3.05, 3.63) is 46.3 Å². The Morgan fingerprint density at radius 3 is 2.81 bits per heavy atom. The molecule has 2 aliphatic rings. The van der Waals surface area contributed by atoms with Gasteiger partial charge in [-0.1, -0.05) is 24.3 Å². The lowest BCUT2D eigenvalue weighted by Gasteiger charge is -1.98. The largest absolute Gasteiger partial charge is 0.462 e. The van der Waals surface area contributed by atoms with E-state index in [4.69, 9.17) is 9.15 Å². The first-order chi connectivity index (χ1) is 7.74. The fourth-order valence-corrected chi connectivity index (χ4v) is 1.48. The van der Waals surface area contributed by atoms with Crippen molar-refractivity contribution < 1.29 is 13.9 Å². The van der Waals surface area contributed by atoms with Crippen LogP contribution in [-0.4, -0.2) is 12.6 Å². The van der Waals surface area contributed by atoms with Crippen LogP contribution in [0.15, 0.2) is 39.5 Å². The van der Waals surface area contributed by atoms with Crippen LogP contribution in [0.3, 0.4) is 0 Å². The zero-order valence-electron chi connectivity index (χ0n) is 8.73. The molecule has 0 amide bonds. The van der Waals surface area contributed by atoms with E-state index in [-0.39, 0.29) is 12.2 Å².